The average Bonchev–Trinajstić information content (AvgIpc) is 2.51. The van der Waals surface area contributed by atoms with Crippen LogP contribution >= 0.6 is 0 Å². The molecule has 0 aromatic rings. The molecular weight excluding hydrogens is 160 g/mol. The molecule has 0 bridgehead atoms. The molecule has 4 nitrogen and oxygen atoms in total. The highest BCUT2D eigenvalue weighted by molar-refractivity contribution is 4.64. The summed E-state index contributed by atoms with van der Waals surface area (Å²) in [6, 6.07) is 0. The Hall–Kier alpha value is -0.160. The Morgan fingerprint density at radius 1 is 1.50 bits per heavy atom. The van der Waals surface area contributed by atoms with Gasteiger partial charge in [0, 0.05) is 13.0 Å². The van der Waals surface area contributed by atoms with Crippen molar-refractivity contribution < 1.29 is 19.3 Å². The molecule has 1 fully saturated rings. The molecule has 0 radical (unpaired) electrons. The van der Waals surface area contributed by atoms with Gasteiger partial charge in [0.15, 0.2) is 0 Å². The van der Waals surface area contributed by atoms with E-state index in [2.05, 4.69) is 0 Å². The molecule has 1 atom stereocenters. The molecule has 1 N–H and O–H groups in total. The maximum Gasteiger partial charge on any atom is 0.283 e. The monoisotopic (exact) mass is 176 g/mol. The highest BCUT2D eigenvalue weighted by atomic mass is 16.9. The van der Waals surface area contributed by atoms with E-state index in [1.165, 1.54) is 0 Å². The van der Waals surface area contributed by atoms with Crippen molar-refractivity contribution in [1.29, 1.82) is 0 Å². The maximum atomic E-state index is 8.57. The Bertz CT molecular complexity index is 120. The summed E-state index contributed by atoms with van der Waals surface area (Å²) in [4.78, 5) is 0. The Morgan fingerprint density at radius 2 is 2.33 bits per heavy atom. The first-order valence-electron chi connectivity index (χ1n) is 4.36. The molecular formula is C8H16O4. The number of ether oxygens (including phenoxy) is 3. The van der Waals surface area contributed by atoms with Gasteiger partial charge in [0.1, 0.15) is 0 Å². The minimum absolute atomic E-state index is 0.00180. The minimum Gasteiger partial charge on any atom is -0.394 e. The molecule has 1 saturated heterocycles. The van der Waals surface area contributed by atoms with Crippen LogP contribution in [0.5, 0.6) is 0 Å². The van der Waals surface area contributed by atoms with Crippen LogP contribution in [0.2, 0.25) is 0 Å². The van der Waals surface area contributed by atoms with Gasteiger partial charge in [-0.05, 0) is 13.3 Å². The van der Waals surface area contributed by atoms with E-state index < -0.39 is 5.97 Å². The van der Waals surface area contributed by atoms with Crippen molar-refractivity contribution in [2.45, 2.75) is 25.7 Å². The third-order valence-electron chi connectivity index (χ3n) is 1.73. The van der Waals surface area contributed by atoms with Gasteiger partial charge in [-0.3, -0.25) is 0 Å². The molecule has 1 heterocycles. The topological polar surface area (TPSA) is 47.9 Å². The van der Waals surface area contributed by atoms with Gasteiger partial charge in [0.05, 0.1) is 19.8 Å². The van der Waals surface area contributed by atoms with Gasteiger partial charge in [-0.15, -0.1) is 0 Å². The molecule has 0 saturated carbocycles. The highest BCUT2D eigenvalue weighted by Gasteiger charge is 2.37. The third kappa shape index (κ3) is 2.42. The molecule has 1 aliphatic rings. The van der Waals surface area contributed by atoms with Crippen molar-refractivity contribution in [2.75, 3.05) is 26.4 Å². The van der Waals surface area contributed by atoms with Gasteiger partial charge in [-0.2, -0.15) is 0 Å². The molecule has 0 spiro atoms. The lowest BCUT2D eigenvalue weighted by Gasteiger charge is -2.27. The Kier molecular flexibility index (Phi) is 3.94. The van der Waals surface area contributed by atoms with Crippen LogP contribution in [0.4, 0.5) is 0 Å². The van der Waals surface area contributed by atoms with Crippen LogP contribution in [0.25, 0.3) is 0 Å². The molecule has 1 rings (SSSR count). The van der Waals surface area contributed by atoms with E-state index in [9.17, 15) is 0 Å². The Balaban J connectivity index is 2.35. The number of rotatable bonds is 5. The molecule has 0 aliphatic carbocycles. The summed E-state index contributed by atoms with van der Waals surface area (Å²) in [6.45, 7) is 3.39. The lowest BCUT2D eigenvalue weighted by Crippen LogP contribution is -2.36. The number of aliphatic hydroxyl groups excluding tert-OH is 1. The molecule has 0 amide bonds. The zero-order valence-corrected chi connectivity index (χ0v) is 7.41. The van der Waals surface area contributed by atoms with E-state index in [0.717, 1.165) is 12.8 Å². The number of aliphatic hydroxyl groups is 1. The van der Waals surface area contributed by atoms with E-state index >= 15 is 0 Å². The minimum atomic E-state index is -0.864. The first-order valence-corrected chi connectivity index (χ1v) is 4.36. The van der Waals surface area contributed by atoms with Crippen LogP contribution in [-0.4, -0.2) is 37.5 Å². The van der Waals surface area contributed by atoms with Gasteiger partial charge >= 0.3 is 0 Å². The lowest BCUT2D eigenvalue weighted by atomic mass is 10.3. The van der Waals surface area contributed by atoms with Crippen molar-refractivity contribution in [3.63, 3.8) is 0 Å². The van der Waals surface area contributed by atoms with Gasteiger partial charge in [0.2, 0.25) is 0 Å². The first kappa shape index (κ1) is 9.92. The lowest BCUT2D eigenvalue weighted by molar-refractivity contribution is -0.360. The summed E-state index contributed by atoms with van der Waals surface area (Å²) in [7, 11) is 0. The van der Waals surface area contributed by atoms with Gasteiger partial charge in [-0.25, -0.2) is 0 Å². The molecule has 12 heavy (non-hydrogen) atoms. The number of hydrogen-bond acceptors (Lipinski definition) is 4. The zero-order chi connectivity index (χ0) is 8.86. The van der Waals surface area contributed by atoms with Crippen molar-refractivity contribution in [2.24, 2.45) is 0 Å². The van der Waals surface area contributed by atoms with Crippen LogP contribution in [0.1, 0.15) is 19.8 Å². The van der Waals surface area contributed by atoms with Crippen molar-refractivity contribution in [3.8, 4) is 0 Å². The summed E-state index contributed by atoms with van der Waals surface area (Å²) >= 11 is 0. The van der Waals surface area contributed by atoms with E-state index in [1.54, 1.807) is 0 Å². The average molecular weight is 176 g/mol. The summed E-state index contributed by atoms with van der Waals surface area (Å²) in [6.07, 6.45) is 1.70. The third-order valence-corrected chi connectivity index (χ3v) is 1.73. The predicted octanol–water partition coefficient (Wildman–Crippen LogP) is 0.496. The normalized spacial score (nSPS) is 29.5. The molecule has 4 heteroatoms. The smallest absolute Gasteiger partial charge is 0.283 e. The van der Waals surface area contributed by atoms with Crippen LogP contribution in [0, 0.1) is 0 Å². The predicted molar refractivity (Wildman–Crippen MR) is 42.6 cm³/mol. The van der Waals surface area contributed by atoms with Crippen molar-refractivity contribution >= 4 is 0 Å². The van der Waals surface area contributed by atoms with Crippen molar-refractivity contribution in [3.05, 3.63) is 0 Å². The fourth-order valence-electron chi connectivity index (χ4n) is 1.28. The fourth-order valence-corrected chi connectivity index (χ4v) is 1.28. The van der Waals surface area contributed by atoms with Crippen LogP contribution in [0.15, 0.2) is 0 Å². The van der Waals surface area contributed by atoms with E-state index in [4.69, 9.17) is 19.3 Å². The molecule has 0 aromatic carbocycles. The standard InChI is InChI=1S/C8H16O4/c1-2-10-8(12-7-5-9)4-3-6-11-8/h9H,2-7H2,1H3. The SMILES string of the molecule is CCOC1(OCCO)CCCO1. The second-order valence-electron chi connectivity index (χ2n) is 2.64. The zero-order valence-electron chi connectivity index (χ0n) is 7.41. The van der Waals surface area contributed by atoms with E-state index in [1.807, 2.05) is 6.92 Å². The second kappa shape index (κ2) is 4.77. The molecule has 1 unspecified atom stereocenters. The summed E-state index contributed by atoms with van der Waals surface area (Å²) in [5, 5.41) is 8.57. The van der Waals surface area contributed by atoms with Crippen molar-refractivity contribution in [1.82, 2.24) is 0 Å². The van der Waals surface area contributed by atoms with Crippen LogP contribution in [-0.2, 0) is 14.2 Å². The first-order chi connectivity index (χ1) is 5.83. The Morgan fingerprint density at radius 3 is 2.83 bits per heavy atom. The maximum absolute atomic E-state index is 8.57. The van der Waals surface area contributed by atoms with Gasteiger partial charge in [0.25, 0.3) is 5.97 Å². The second-order valence-corrected chi connectivity index (χ2v) is 2.64. The molecule has 72 valence electrons. The fraction of sp³-hybridized carbons (Fsp3) is 1.00. The number of hydrogen-bond donors (Lipinski definition) is 1. The molecule has 0 aromatic heterocycles. The Labute approximate surface area is 72.4 Å². The molecule has 1 aliphatic heterocycles. The quantitative estimate of drug-likeness (QED) is 0.619. The van der Waals surface area contributed by atoms with Gasteiger partial charge < -0.3 is 19.3 Å². The van der Waals surface area contributed by atoms with E-state index in [0.29, 0.717) is 13.2 Å². The van der Waals surface area contributed by atoms with Crippen LogP contribution in [0.3, 0.4) is 0 Å². The summed E-state index contributed by atoms with van der Waals surface area (Å²) in [5.41, 5.74) is 0. The summed E-state index contributed by atoms with van der Waals surface area (Å²) in [5.74, 6) is -0.864. The van der Waals surface area contributed by atoms with E-state index in [-0.39, 0.29) is 13.2 Å². The highest BCUT2D eigenvalue weighted by Crippen LogP contribution is 2.27. The summed E-state index contributed by atoms with van der Waals surface area (Å²) < 4.78 is 16.0. The van der Waals surface area contributed by atoms with Gasteiger partial charge in [-0.1, -0.05) is 0 Å². The largest absolute Gasteiger partial charge is 0.394 e. The van der Waals surface area contributed by atoms with Crippen LogP contribution < -0.4 is 0 Å².